The van der Waals surface area contributed by atoms with E-state index in [0.717, 1.165) is 5.56 Å². The van der Waals surface area contributed by atoms with Crippen molar-refractivity contribution in [3.8, 4) is 0 Å². The maximum absolute atomic E-state index is 12.3. The molecule has 0 aliphatic carbocycles. The summed E-state index contributed by atoms with van der Waals surface area (Å²) in [6.07, 6.45) is -5.64. The first-order valence-corrected chi connectivity index (χ1v) is 5.40. The number of nitrogens with two attached hydrogens (primary N) is 1. The number of halogens is 3. The Morgan fingerprint density at radius 1 is 1.33 bits per heavy atom. The molecule has 0 aromatic heterocycles. The molecule has 100 valence electrons. The maximum Gasteiger partial charge on any atom is 0.391 e. The Kier molecular flexibility index (Phi) is 4.72. The summed E-state index contributed by atoms with van der Waals surface area (Å²) in [5, 5.41) is 0. The monoisotopic (exact) mass is 260 g/mol. The van der Waals surface area contributed by atoms with Gasteiger partial charge in [0.1, 0.15) is 0 Å². The van der Waals surface area contributed by atoms with Crippen molar-refractivity contribution in [2.75, 3.05) is 7.05 Å². The van der Waals surface area contributed by atoms with Crippen LogP contribution in [0.1, 0.15) is 12.0 Å². The van der Waals surface area contributed by atoms with Gasteiger partial charge < -0.3 is 5.73 Å². The Balaban J connectivity index is 2.72. The molecule has 18 heavy (non-hydrogen) atoms. The molecule has 1 atom stereocenters. The zero-order valence-corrected chi connectivity index (χ0v) is 9.95. The molecule has 0 aliphatic heterocycles. The molecular weight excluding hydrogens is 245 g/mol. The first kappa shape index (κ1) is 14.5. The molecule has 0 saturated heterocycles. The number of nitrogens with zero attached hydrogens (tertiary/aromatic N) is 1. The number of hydrogen-bond acceptors (Lipinski definition) is 2. The highest BCUT2D eigenvalue weighted by molar-refractivity contribution is 5.79. The number of carbonyl (C=O) groups excluding carboxylic acids is 1. The van der Waals surface area contributed by atoms with Crippen LogP contribution in [0.25, 0.3) is 0 Å². The smallest absolute Gasteiger partial charge is 0.368 e. The van der Waals surface area contributed by atoms with Crippen molar-refractivity contribution in [1.29, 1.82) is 0 Å². The molecule has 0 heterocycles. The summed E-state index contributed by atoms with van der Waals surface area (Å²) in [7, 11) is 1.45. The molecule has 6 heteroatoms. The second-order valence-corrected chi connectivity index (χ2v) is 4.14. The lowest BCUT2D eigenvalue weighted by atomic mass is 10.1. The van der Waals surface area contributed by atoms with Gasteiger partial charge in [-0.3, -0.25) is 9.69 Å². The number of hydrogen-bond donors (Lipinski definition) is 1. The van der Waals surface area contributed by atoms with Crippen LogP contribution in [0.5, 0.6) is 0 Å². The molecule has 0 radical (unpaired) electrons. The molecule has 3 nitrogen and oxygen atoms in total. The quantitative estimate of drug-likeness (QED) is 0.879. The standard InChI is InChI=1S/C12H15F3N2O/c1-17(8-9-5-3-2-4-6-9)10(11(16)18)7-12(13,14)15/h2-6,10H,7-8H2,1H3,(H2,16,18)/t10-/m0/s1. The molecular formula is C12H15F3N2O. The van der Waals surface area contributed by atoms with Gasteiger partial charge >= 0.3 is 6.18 Å². The van der Waals surface area contributed by atoms with Gasteiger partial charge in [-0.2, -0.15) is 13.2 Å². The van der Waals surface area contributed by atoms with Crippen LogP contribution < -0.4 is 5.73 Å². The van der Waals surface area contributed by atoms with Crippen molar-refractivity contribution in [1.82, 2.24) is 4.90 Å². The summed E-state index contributed by atoms with van der Waals surface area (Å²) in [5.41, 5.74) is 5.85. The van der Waals surface area contributed by atoms with Gasteiger partial charge in [-0.1, -0.05) is 30.3 Å². The van der Waals surface area contributed by atoms with E-state index < -0.39 is 24.5 Å². The first-order valence-electron chi connectivity index (χ1n) is 5.40. The van der Waals surface area contributed by atoms with E-state index in [9.17, 15) is 18.0 Å². The van der Waals surface area contributed by atoms with E-state index in [2.05, 4.69) is 0 Å². The molecule has 2 N–H and O–H groups in total. The van der Waals surface area contributed by atoms with Crippen LogP contribution in [-0.4, -0.2) is 30.1 Å². The maximum atomic E-state index is 12.3. The van der Waals surface area contributed by atoms with E-state index in [1.54, 1.807) is 24.3 Å². The van der Waals surface area contributed by atoms with Gasteiger partial charge in [-0.25, -0.2) is 0 Å². The average molecular weight is 260 g/mol. The molecule has 1 amide bonds. The highest BCUT2D eigenvalue weighted by Crippen LogP contribution is 2.24. The van der Waals surface area contributed by atoms with Crippen molar-refractivity contribution in [3.05, 3.63) is 35.9 Å². The van der Waals surface area contributed by atoms with Crippen molar-refractivity contribution < 1.29 is 18.0 Å². The van der Waals surface area contributed by atoms with Gasteiger partial charge in [0.15, 0.2) is 0 Å². The number of amides is 1. The molecule has 1 rings (SSSR count). The zero-order chi connectivity index (χ0) is 13.8. The molecule has 0 fully saturated rings. The van der Waals surface area contributed by atoms with Gasteiger partial charge in [-0.15, -0.1) is 0 Å². The molecule has 1 aromatic carbocycles. The molecule has 0 unspecified atom stereocenters. The van der Waals surface area contributed by atoms with Crippen molar-refractivity contribution >= 4 is 5.91 Å². The van der Waals surface area contributed by atoms with Gasteiger partial charge in [0.2, 0.25) is 5.91 Å². The van der Waals surface area contributed by atoms with E-state index in [0.29, 0.717) is 0 Å². The number of primary amides is 1. The van der Waals surface area contributed by atoms with Crippen molar-refractivity contribution in [3.63, 3.8) is 0 Å². The van der Waals surface area contributed by atoms with Gasteiger partial charge in [-0.05, 0) is 12.6 Å². The average Bonchev–Trinajstić information content (AvgIpc) is 2.25. The Hall–Kier alpha value is -1.56. The summed E-state index contributed by atoms with van der Waals surface area (Å²) in [4.78, 5) is 12.4. The highest BCUT2D eigenvalue weighted by Gasteiger charge is 2.36. The third kappa shape index (κ3) is 4.75. The van der Waals surface area contributed by atoms with Crippen LogP contribution in [-0.2, 0) is 11.3 Å². The van der Waals surface area contributed by atoms with Crippen LogP contribution in [0.3, 0.4) is 0 Å². The summed E-state index contributed by atoms with van der Waals surface area (Å²) in [6, 6.07) is 7.60. The second kappa shape index (κ2) is 5.86. The van der Waals surface area contributed by atoms with Crippen LogP contribution in [0.4, 0.5) is 13.2 Å². The lowest BCUT2D eigenvalue weighted by molar-refractivity contribution is -0.155. The van der Waals surface area contributed by atoms with Crippen molar-refractivity contribution in [2.24, 2.45) is 5.73 Å². The highest BCUT2D eigenvalue weighted by atomic mass is 19.4. The fraction of sp³-hybridized carbons (Fsp3) is 0.417. The Morgan fingerprint density at radius 3 is 2.33 bits per heavy atom. The zero-order valence-electron chi connectivity index (χ0n) is 9.95. The van der Waals surface area contributed by atoms with Gasteiger partial charge in [0.25, 0.3) is 0 Å². The van der Waals surface area contributed by atoms with Gasteiger partial charge in [0, 0.05) is 6.54 Å². The predicted octanol–water partition coefficient (Wildman–Crippen LogP) is 1.92. The largest absolute Gasteiger partial charge is 0.391 e. The Labute approximate surface area is 103 Å². The van der Waals surface area contributed by atoms with Gasteiger partial charge in [0.05, 0.1) is 12.5 Å². The minimum atomic E-state index is -4.41. The minimum Gasteiger partial charge on any atom is -0.368 e. The number of carbonyl (C=O) groups is 1. The molecule has 0 saturated carbocycles. The summed E-state index contributed by atoms with van der Waals surface area (Å²) in [5.74, 6) is -0.967. The van der Waals surface area contributed by atoms with E-state index >= 15 is 0 Å². The lowest BCUT2D eigenvalue weighted by Crippen LogP contribution is -2.44. The number of benzene rings is 1. The fourth-order valence-electron chi connectivity index (χ4n) is 1.67. The third-order valence-electron chi connectivity index (χ3n) is 2.56. The normalized spacial score (nSPS) is 13.6. The fourth-order valence-corrected chi connectivity index (χ4v) is 1.67. The van der Waals surface area contributed by atoms with Crippen LogP contribution in [0.15, 0.2) is 30.3 Å². The number of likely N-dealkylation sites (N-methyl/N-ethyl adjacent to an activating group) is 1. The SMILES string of the molecule is CN(Cc1ccccc1)[C@@H](CC(F)(F)F)C(N)=O. The first-order chi connectivity index (χ1) is 8.29. The summed E-state index contributed by atoms with van der Waals surface area (Å²) < 4.78 is 37.0. The second-order valence-electron chi connectivity index (χ2n) is 4.14. The Bertz CT molecular complexity index is 392. The lowest BCUT2D eigenvalue weighted by Gasteiger charge is -2.26. The summed E-state index contributed by atoms with van der Waals surface area (Å²) in [6.45, 7) is 0.241. The number of alkyl halides is 3. The van der Waals surface area contributed by atoms with E-state index in [1.807, 2.05) is 6.07 Å². The van der Waals surface area contributed by atoms with E-state index in [-0.39, 0.29) is 6.54 Å². The van der Waals surface area contributed by atoms with Crippen LogP contribution in [0.2, 0.25) is 0 Å². The molecule has 1 aromatic rings. The molecule has 0 bridgehead atoms. The molecule has 0 spiro atoms. The minimum absolute atomic E-state index is 0.241. The van der Waals surface area contributed by atoms with Crippen molar-refractivity contribution in [2.45, 2.75) is 25.2 Å². The third-order valence-corrected chi connectivity index (χ3v) is 2.56. The van der Waals surface area contributed by atoms with E-state index in [1.165, 1.54) is 11.9 Å². The number of rotatable bonds is 5. The van der Waals surface area contributed by atoms with Crippen LogP contribution in [0, 0.1) is 0 Å². The molecule has 0 aliphatic rings. The Morgan fingerprint density at radius 2 is 1.89 bits per heavy atom. The summed E-state index contributed by atoms with van der Waals surface area (Å²) >= 11 is 0. The predicted molar refractivity (Wildman–Crippen MR) is 61.6 cm³/mol. The topological polar surface area (TPSA) is 46.3 Å². The van der Waals surface area contributed by atoms with Crippen LogP contribution >= 0.6 is 0 Å². The van der Waals surface area contributed by atoms with E-state index in [4.69, 9.17) is 5.73 Å².